The highest BCUT2D eigenvalue weighted by Crippen LogP contribution is 2.15. The number of rotatable bonds is 7. The quantitative estimate of drug-likeness (QED) is 0.752. The summed E-state index contributed by atoms with van der Waals surface area (Å²) in [5, 5.41) is 5.71. The van der Waals surface area contributed by atoms with E-state index in [1.165, 1.54) is 12.4 Å². The maximum atomic E-state index is 12.4. The maximum absolute atomic E-state index is 12.4. The van der Waals surface area contributed by atoms with Crippen LogP contribution in [0.25, 0.3) is 0 Å². The number of hydrogen-bond acceptors (Lipinski definition) is 3. The van der Waals surface area contributed by atoms with Crippen LogP contribution in [-0.2, 0) is 0 Å². The van der Waals surface area contributed by atoms with Gasteiger partial charge >= 0.3 is 0 Å². The Balaban J connectivity index is 2.04. The van der Waals surface area contributed by atoms with Crippen LogP contribution in [0, 0.1) is 13.8 Å². The van der Waals surface area contributed by atoms with Crippen molar-refractivity contribution in [3.63, 3.8) is 0 Å². The van der Waals surface area contributed by atoms with Crippen LogP contribution in [0.4, 0.5) is 5.69 Å². The molecule has 0 aliphatic heterocycles. The van der Waals surface area contributed by atoms with Crippen LogP contribution in [0.1, 0.15) is 58.0 Å². The van der Waals surface area contributed by atoms with E-state index in [-0.39, 0.29) is 11.8 Å². The lowest BCUT2D eigenvalue weighted by Gasteiger charge is -2.09. The van der Waals surface area contributed by atoms with Crippen molar-refractivity contribution in [3.8, 4) is 0 Å². The smallest absolute Gasteiger partial charge is 0.257 e. The van der Waals surface area contributed by atoms with Gasteiger partial charge in [0, 0.05) is 24.6 Å². The van der Waals surface area contributed by atoms with Crippen molar-refractivity contribution in [2.45, 2.75) is 40.0 Å². The zero-order valence-corrected chi connectivity index (χ0v) is 15.1. The van der Waals surface area contributed by atoms with Crippen molar-refractivity contribution in [1.29, 1.82) is 0 Å². The molecule has 0 saturated carbocycles. The average Bonchev–Trinajstić information content (AvgIpc) is 2.57. The van der Waals surface area contributed by atoms with Crippen molar-refractivity contribution >= 4 is 17.5 Å². The predicted molar refractivity (Wildman–Crippen MR) is 100.0 cm³/mol. The molecular weight excluding hydrogens is 314 g/mol. The van der Waals surface area contributed by atoms with Crippen LogP contribution in [0.3, 0.4) is 0 Å². The standard InChI is InChI=1S/C20H25N3O2/c1-4-5-6-7-22-19(24)16-11-17(13-21-12-16)20(25)23-18-9-14(2)8-15(3)10-18/h8-13H,4-7H2,1-3H3,(H,22,24)(H,23,25). The molecule has 1 heterocycles. The van der Waals surface area contributed by atoms with Crippen LogP contribution in [0.2, 0.25) is 0 Å². The summed E-state index contributed by atoms with van der Waals surface area (Å²) < 4.78 is 0. The second-order valence-corrected chi connectivity index (χ2v) is 6.26. The van der Waals surface area contributed by atoms with E-state index >= 15 is 0 Å². The zero-order chi connectivity index (χ0) is 18.2. The van der Waals surface area contributed by atoms with Gasteiger partial charge in [0.1, 0.15) is 0 Å². The number of carbonyl (C=O) groups excluding carboxylic acids is 2. The van der Waals surface area contributed by atoms with Gasteiger partial charge in [0.15, 0.2) is 0 Å². The molecule has 25 heavy (non-hydrogen) atoms. The topological polar surface area (TPSA) is 71.1 Å². The third kappa shape index (κ3) is 5.71. The number of hydrogen-bond donors (Lipinski definition) is 2. The number of carbonyl (C=O) groups is 2. The molecule has 0 unspecified atom stereocenters. The highest BCUT2D eigenvalue weighted by molar-refractivity contribution is 6.05. The van der Waals surface area contributed by atoms with Crippen LogP contribution in [0.15, 0.2) is 36.7 Å². The van der Waals surface area contributed by atoms with Gasteiger partial charge in [-0.1, -0.05) is 25.8 Å². The van der Waals surface area contributed by atoms with E-state index in [0.29, 0.717) is 17.7 Å². The Bertz CT molecular complexity index is 736. The minimum atomic E-state index is -0.280. The number of amides is 2. The number of nitrogens with one attached hydrogen (secondary N) is 2. The average molecular weight is 339 g/mol. The van der Waals surface area contributed by atoms with Crippen molar-refractivity contribution in [2.75, 3.05) is 11.9 Å². The van der Waals surface area contributed by atoms with E-state index in [1.54, 1.807) is 6.07 Å². The number of unbranched alkanes of at least 4 members (excludes halogenated alkanes) is 2. The molecule has 2 amide bonds. The summed E-state index contributed by atoms with van der Waals surface area (Å²) in [5.74, 6) is -0.484. The summed E-state index contributed by atoms with van der Waals surface area (Å²) in [7, 11) is 0. The first kappa shape index (κ1) is 18.6. The molecule has 2 aromatic rings. The molecule has 0 saturated heterocycles. The Hall–Kier alpha value is -2.69. The number of aryl methyl sites for hydroxylation is 2. The van der Waals surface area contributed by atoms with E-state index in [2.05, 4.69) is 22.5 Å². The zero-order valence-electron chi connectivity index (χ0n) is 15.1. The number of nitrogens with zero attached hydrogens (tertiary/aromatic N) is 1. The molecule has 0 aliphatic rings. The fourth-order valence-corrected chi connectivity index (χ4v) is 2.62. The Kier molecular flexibility index (Phi) is 6.69. The largest absolute Gasteiger partial charge is 0.352 e. The van der Waals surface area contributed by atoms with Crippen LogP contribution in [-0.4, -0.2) is 23.3 Å². The molecule has 2 N–H and O–H groups in total. The van der Waals surface area contributed by atoms with Crippen molar-refractivity contribution in [1.82, 2.24) is 10.3 Å². The molecule has 0 radical (unpaired) electrons. The molecule has 2 rings (SSSR count). The predicted octanol–water partition coefficient (Wildman–Crippen LogP) is 3.87. The summed E-state index contributed by atoms with van der Waals surface area (Å²) in [6.45, 7) is 6.71. The fraction of sp³-hybridized carbons (Fsp3) is 0.350. The van der Waals surface area contributed by atoms with Gasteiger partial charge in [0.25, 0.3) is 11.8 Å². The van der Waals surface area contributed by atoms with Crippen molar-refractivity contribution < 1.29 is 9.59 Å². The number of pyridine rings is 1. The van der Waals surface area contributed by atoms with Gasteiger partial charge in [-0.3, -0.25) is 14.6 Å². The molecule has 0 atom stereocenters. The van der Waals surface area contributed by atoms with E-state index < -0.39 is 0 Å². The Morgan fingerprint density at radius 1 is 0.920 bits per heavy atom. The summed E-state index contributed by atoms with van der Waals surface area (Å²) >= 11 is 0. The minimum Gasteiger partial charge on any atom is -0.352 e. The van der Waals surface area contributed by atoms with E-state index in [1.807, 2.05) is 32.0 Å². The SMILES string of the molecule is CCCCCNC(=O)c1cncc(C(=O)Nc2cc(C)cc(C)c2)c1. The Labute approximate surface area is 148 Å². The Morgan fingerprint density at radius 2 is 1.56 bits per heavy atom. The summed E-state index contributed by atoms with van der Waals surface area (Å²) in [5.41, 5.74) is 3.64. The number of anilines is 1. The summed E-state index contributed by atoms with van der Waals surface area (Å²) in [6.07, 6.45) is 6.07. The van der Waals surface area contributed by atoms with Gasteiger partial charge in [-0.25, -0.2) is 0 Å². The van der Waals surface area contributed by atoms with Crippen LogP contribution < -0.4 is 10.6 Å². The first-order chi connectivity index (χ1) is 12.0. The highest BCUT2D eigenvalue weighted by atomic mass is 16.2. The molecule has 0 aliphatic carbocycles. The van der Waals surface area contributed by atoms with Gasteiger partial charge in [0.2, 0.25) is 0 Å². The third-order valence-corrected chi connectivity index (χ3v) is 3.81. The number of benzene rings is 1. The molecule has 0 fully saturated rings. The minimum absolute atomic E-state index is 0.204. The van der Waals surface area contributed by atoms with Gasteiger partial charge in [0.05, 0.1) is 11.1 Å². The first-order valence-corrected chi connectivity index (χ1v) is 8.62. The normalized spacial score (nSPS) is 10.4. The molecule has 1 aromatic carbocycles. The van der Waals surface area contributed by atoms with Crippen LogP contribution >= 0.6 is 0 Å². The van der Waals surface area contributed by atoms with Crippen molar-refractivity contribution in [2.24, 2.45) is 0 Å². The third-order valence-electron chi connectivity index (χ3n) is 3.81. The van der Waals surface area contributed by atoms with E-state index in [0.717, 1.165) is 36.1 Å². The maximum Gasteiger partial charge on any atom is 0.257 e. The second-order valence-electron chi connectivity index (χ2n) is 6.26. The number of aromatic nitrogens is 1. The molecule has 132 valence electrons. The molecule has 5 nitrogen and oxygen atoms in total. The molecule has 0 bridgehead atoms. The molecule has 0 spiro atoms. The van der Waals surface area contributed by atoms with Crippen molar-refractivity contribution in [3.05, 3.63) is 58.9 Å². The molecule has 1 aromatic heterocycles. The lowest BCUT2D eigenvalue weighted by Crippen LogP contribution is -2.25. The van der Waals surface area contributed by atoms with Gasteiger partial charge < -0.3 is 10.6 Å². The highest BCUT2D eigenvalue weighted by Gasteiger charge is 2.11. The summed E-state index contributed by atoms with van der Waals surface area (Å²) in [6, 6.07) is 7.42. The van der Waals surface area contributed by atoms with Gasteiger partial charge in [-0.05, 0) is 49.6 Å². The first-order valence-electron chi connectivity index (χ1n) is 8.62. The molecule has 5 heteroatoms. The van der Waals surface area contributed by atoms with Gasteiger partial charge in [-0.15, -0.1) is 0 Å². The van der Waals surface area contributed by atoms with Gasteiger partial charge in [-0.2, -0.15) is 0 Å². The van der Waals surface area contributed by atoms with Crippen LogP contribution in [0.5, 0.6) is 0 Å². The lowest BCUT2D eigenvalue weighted by atomic mass is 10.1. The second kappa shape index (κ2) is 8.97. The molecular formula is C20H25N3O2. The monoisotopic (exact) mass is 339 g/mol. The lowest BCUT2D eigenvalue weighted by molar-refractivity contribution is 0.0952. The fourth-order valence-electron chi connectivity index (χ4n) is 2.62. The Morgan fingerprint density at radius 3 is 2.20 bits per heavy atom. The summed E-state index contributed by atoms with van der Waals surface area (Å²) in [4.78, 5) is 28.6. The van der Waals surface area contributed by atoms with E-state index in [4.69, 9.17) is 0 Å². The van der Waals surface area contributed by atoms with E-state index in [9.17, 15) is 9.59 Å².